The molecule has 79 heavy (non-hydrogen) atoms. The average Bonchev–Trinajstić information content (AvgIpc) is 4.13. The third-order valence-corrected chi connectivity index (χ3v) is 16.2. The standard InChI is InChI=1S/C75H76N4/c1-48(50-26-18-15-19-27-50)76-71(60-35-25-34-59(52-30-22-17-23-31-52)70(60)79-67-42-38-55(74(9,10)11)46-63(67)64-47-56(75(12,13)14)39-43-68(64)79)77-49(2)57-32-24-33-58(51-28-20-16-21-29-51)69(57)78-65-40-36-53(72(3,4)5)44-61(65)62-45-54(73(6,7)8)37-41-66(62)78/h15-24,26-33,35-47H,1,25,34H2,2-14H3/b76-71-,77-49+. The molecule has 4 nitrogen and oxygen atoms in total. The minimum atomic E-state index is -0.0425. The quantitative estimate of drug-likeness (QED) is 0.107. The lowest BCUT2D eigenvalue weighted by atomic mass is 9.85. The van der Waals surface area contributed by atoms with Crippen LogP contribution in [0.15, 0.2) is 210 Å². The normalized spacial score (nSPS) is 14.3. The summed E-state index contributed by atoms with van der Waals surface area (Å²) < 4.78 is 5.04. The van der Waals surface area contributed by atoms with Crippen LogP contribution in [0, 0.1) is 0 Å². The number of aliphatic imine (C=N–C) groups is 2. The molecule has 2 aromatic heterocycles. The largest absolute Gasteiger partial charge is 0.308 e. The zero-order chi connectivity index (χ0) is 55.8. The molecule has 0 unspecified atom stereocenters. The van der Waals surface area contributed by atoms with Crippen LogP contribution in [0.3, 0.4) is 0 Å². The number of benzene rings is 8. The molecule has 0 radical (unpaired) electrons. The third kappa shape index (κ3) is 9.96. The predicted octanol–water partition coefficient (Wildman–Crippen LogP) is 20.4. The number of aromatic nitrogens is 2. The van der Waals surface area contributed by atoms with Crippen LogP contribution in [0.1, 0.15) is 142 Å². The van der Waals surface area contributed by atoms with E-state index in [-0.39, 0.29) is 21.7 Å². The Labute approximate surface area is 469 Å². The molecule has 11 rings (SSSR count). The minimum Gasteiger partial charge on any atom is -0.308 e. The molecule has 1 aliphatic carbocycles. The molecule has 0 N–H and O–H groups in total. The molecular weight excluding hydrogens is 957 g/mol. The van der Waals surface area contributed by atoms with Gasteiger partial charge in [-0.1, -0.05) is 229 Å². The lowest BCUT2D eigenvalue weighted by Gasteiger charge is -2.26. The van der Waals surface area contributed by atoms with Crippen LogP contribution in [0.2, 0.25) is 0 Å². The second-order valence-electron chi connectivity index (χ2n) is 26.0. The van der Waals surface area contributed by atoms with E-state index in [0.29, 0.717) is 11.5 Å². The number of fused-ring (bicyclic) bond motifs is 6. The van der Waals surface area contributed by atoms with Crippen molar-refractivity contribution in [2.24, 2.45) is 9.98 Å². The molecule has 1 aliphatic rings. The van der Waals surface area contributed by atoms with Crippen LogP contribution < -0.4 is 0 Å². The average molecular weight is 1030 g/mol. The molecule has 0 bridgehead atoms. The summed E-state index contributed by atoms with van der Waals surface area (Å²) in [7, 11) is 0. The Morgan fingerprint density at radius 1 is 0.443 bits per heavy atom. The zero-order valence-electron chi connectivity index (χ0n) is 48.8. The first-order chi connectivity index (χ1) is 37.6. The zero-order valence-corrected chi connectivity index (χ0v) is 48.8. The van der Waals surface area contributed by atoms with E-state index in [1.165, 1.54) is 54.9 Å². The van der Waals surface area contributed by atoms with Crippen LogP contribution >= 0.6 is 0 Å². The van der Waals surface area contributed by atoms with Crippen molar-refractivity contribution in [2.75, 3.05) is 0 Å². The van der Waals surface area contributed by atoms with Crippen molar-refractivity contribution in [3.05, 3.63) is 239 Å². The molecule has 396 valence electrons. The highest BCUT2D eigenvalue weighted by molar-refractivity contribution is 6.24. The van der Waals surface area contributed by atoms with Gasteiger partial charge in [0.05, 0.1) is 39.1 Å². The van der Waals surface area contributed by atoms with Crippen LogP contribution in [0.25, 0.3) is 77.4 Å². The molecule has 4 heteroatoms. The van der Waals surface area contributed by atoms with Gasteiger partial charge in [0.2, 0.25) is 0 Å². The Morgan fingerprint density at radius 3 is 1.30 bits per heavy atom. The van der Waals surface area contributed by atoms with Crippen LogP contribution in [-0.2, 0) is 21.7 Å². The number of para-hydroxylation sites is 1. The molecular formula is C75H76N4. The number of hydrogen-bond acceptors (Lipinski definition) is 1. The Morgan fingerprint density at radius 2 is 0.861 bits per heavy atom. The highest BCUT2D eigenvalue weighted by Gasteiger charge is 2.30. The topological polar surface area (TPSA) is 34.6 Å². The van der Waals surface area contributed by atoms with E-state index < -0.39 is 0 Å². The summed E-state index contributed by atoms with van der Waals surface area (Å²) in [6.45, 7) is 34.5. The number of amidine groups is 1. The Kier molecular flexibility index (Phi) is 13.4. The smallest absolute Gasteiger partial charge is 0.161 e. The van der Waals surface area contributed by atoms with E-state index in [4.69, 9.17) is 9.98 Å². The molecule has 10 aromatic rings. The first kappa shape index (κ1) is 52.9. The summed E-state index contributed by atoms with van der Waals surface area (Å²) in [5.74, 6) is 0.616. The monoisotopic (exact) mass is 1030 g/mol. The summed E-state index contributed by atoms with van der Waals surface area (Å²) in [6, 6.07) is 67.3. The first-order valence-electron chi connectivity index (χ1n) is 28.3. The lowest BCUT2D eigenvalue weighted by Crippen LogP contribution is -2.16. The van der Waals surface area contributed by atoms with Crippen molar-refractivity contribution in [1.29, 1.82) is 0 Å². The molecule has 0 aliphatic heterocycles. The van der Waals surface area contributed by atoms with Gasteiger partial charge < -0.3 is 9.13 Å². The van der Waals surface area contributed by atoms with Gasteiger partial charge >= 0.3 is 0 Å². The highest BCUT2D eigenvalue weighted by atomic mass is 15.0. The van der Waals surface area contributed by atoms with Crippen molar-refractivity contribution in [2.45, 2.75) is 125 Å². The molecule has 0 saturated carbocycles. The first-order valence-corrected chi connectivity index (χ1v) is 28.3. The summed E-state index contributed by atoms with van der Waals surface area (Å²) in [4.78, 5) is 11.5. The van der Waals surface area contributed by atoms with Gasteiger partial charge in [0.1, 0.15) is 0 Å². The fourth-order valence-electron chi connectivity index (χ4n) is 11.6. The van der Waals surface area contributed by atoms with E-state index in [1.807, 2.05) is 6.07 Å². The Hall–Kier alpha value is -8.08. The van der Waals surface area contributed by atoms with Gasteiger partial charge in [-0.05, 0) is 134 Å². The number of allylic oxidation sites excluding steroid dienone is 2. The molecule has 2 heterocycles. The van der Waals surface area contributed by atoms with Crippen LogP contribution in [0.4, 0.5) is 0 Å². The second kappa shape index (κ2) is 20.0. The maximum absolute atomic E-state index is 5.91. The van der Waals surface area contributed by atoms with E-state index in [1.54, 1.807) is 0 Å². The van der Waals surface area contributed by atoms with Crippen LogP contribution in [-0.4, -0.2) is 20.7 Å². The molecule has 0 atom stereocenters. The van der Waals surface area contributed by atoms with Gasteiger partial charge in [-0.3, -0.25) is 0 Å². The summed E-state index contributed by atoms with van der Waals surface area (Å²) >= 11 is 0. The molecule has 0 fully saturated rings. The summed E-state index contributed by atoms with van der Waals surface area (Å²) in [5.41, 5.74) is 21.0. The molecule has 0 spiro atoms. The molecule has 0 amide bonds. The minimum absolute atomic E-state index is 0.0362. The summed E-state index contributed by atoms with van der Waals surface area (Å²) in [5, 5.41) is 4.96. The fraction of sp³-hybridized carbons (Fsp3) is 0.253. The molecule has 8 aromatic carbocycles. The Bertz CT molecular complexity index is 4000. The lowest BCUT2D eigenvalue weighted by molar-refractivity contribution is 0.590. The number of rotatable bonds is 8. The van der Waals surface area contributed by atoms with Gasteiger partial charge in [0.25, 0.3) is 0 Å². The Balaban J connectivity index is 1.22. The predicted molar refractivity (Wildman–Crippen MR) is 342 cm³/mol. The second-order valence-corrected chi connectivity index (χ2v) is 26.0. The van der Waals surface area contributed by atoms with Gasteiger partial charge in [0.15, 0.2) is 5.84 Å². The van der Waals surface area contributed by atoms with E-state index >= 15 is 0 Å². The molecule has 0 saturated heterocycles. The number of hydrogen-bond donors (Lipinski definition) is 0. The van der Waals surface area contributed by atoms with Crippen molar-refractivity contribution < 1.29 is 0 Å². The van der Waals surface area contributed by atoms with E-state index in [9.17, 15) is 0 Å². The van der Waals surface area contributed by atoms with E-state index in [0.717, 1.165) is 79.8 Å². The third-order valence-electron chi connectivity index (χ3n) is 16.2. The maximum Gasteiger partial charge on any atom is 0.161 e. The van der Waals surface area contributed by atoms with E-state index in [2.05, 4.69) is 288 Å². The van der Waals surface area contributed by atoms with Crippen molar-refractivity contribution in [3.8, 4) is 16.8 Å². The van der Waals surface area contributed by atoms with Crippen molar-refractivity contribution in [3.63, 3.8) is 0 Å². The van der Waals surface area contributed by atoms with Crippen molar-refractivity contribution in [1.82, 2.24) is 9.13 Å². The van der Waals surface area contributed by atoms with Gasteiger partial charge in [0, 0.05) is 44.0 Å². The van der Waals surface area contributed by atoms with Gasteiger partial charge in [-0.2, -0.15) is 0 Å². The maximum atomic E-state index is 5.91. The summed E-state index contributed by atoms with van der Waals surface area (Å²) in [6.07, 6.45) is 4.05. The van der Waals surface area contributed by atoms with Crippen molar-refractivity contribution >= 4 is 72.1 Å². The van der Waals surface area contributed by atoms with Gasteiger partial charge in [-0.15, -0.1) is 0 Å². The van der Waals surface area contributed by atoms with Gasteiger partial charge in [-0.25, -0.2) is 9.98 Å². The highest BCUT2D eigenvalue weighted by Crippen LogP contribution is 2.46. The SMILES string of the molecule is C=C(/N=C(\N=C(/C)c1cccc(-c2ccccc2)c1-n1c2ccc(C(C)(C)C)cc2c2cc(C(C)(C)C)ccc21)C1=CCCC(c2ccccc2)=C1n1c2ccc(C(C)(C)C)cc2c2cc(C(C)(C)C)ccc21)c1ccccc1. The fourth-order valence-corrected chi connectivity index (χ4v) is 11.6. The number of nitrogens with zero attached hydrogens (tertiary/aromatic N) is 4. The van der Waals surface area contributed by atoms with Crippen LogP contribution in [0.5, 0.6) is 0 Å².